The molecule has 0 aliphatic carbocycles. The third-order valence-corrected chi connectivity index (χ3v) is 4.17. The fraction of sp³-hybridized carbons (Fsp3) is 0.643. The summed E-state index contributed by atoms with van der Waals surface area (Å²) in [4.78, 5) is 5.61. The molecule has 0 bridgehead atoms. The number of rotatable bonds is 6. The van der Waals surface area contributed by atoms with E-state index in [0.717, 1.165) is 19.0 Å². The van der Waals surface area contributed by atoms with E-state index in [1.165, 1.54) is 4.88 Å². The van der Waals surface area contributed by atoms with Gasteiger partial charge in [-0.25, -0.2) is 0 Å². The monoisotopic (exact) mass is 283 g/mol. The van der Waals surface area contributed by atoms with Crippen molar-refractivity contribution >= 4 is 17.3 Å². The van der Waals surface area contributed by atoms with Crippen molar-refractivity contribution in [1.82, 2.24) is 10.6 Å². The maximum Gasteiger partial charge on any atom is 0.191 e. The second kappa shape index (κ2) is 7.50. The number of nitrogens with one attached hydrogen (secondary N) is 2. The molecule has 0 aliphatic heterocycles. The lowest BCUT2D eigenvalue weighted by atomic mass is 10.1. The van der Waals surface area contributed by atoms with E-state index in [-0.39, 0.29) is 5.60 Å². The number of ether oxygens (including phenoxy) is 1. The molecule has 108 valence electrons. The molecule has 1 rings (SSSR count). The molecule has 0 amide bonds. The minimum atomic E-state index is -0.197. The number of hydrogen-bond donors (Lipinski definition) is 2. The van der Waals surface area contributed by atoms with Gasteiger partial charge in [-0.1, -0.05) is 13.0 Å². The molecule has 1 aromatic rings. The van der Waals surface area contributed by atoms with Gasteiger partial charge in [0.05, 0.1) is 5.60 Å². The Morgan fingerprint density at radius 1 is 1.47 bits per heavy atom. The van der Waals surface area contributed by atoms with Crippen molar-refractivity contribution in [2.45, 2.75) is 32.3 Å². The molecule has 1 unspecified atom stereocenters. The van der Waals surface area contributed by atoms with Gasteiger partial charge in [-0.15, -0.1) is 11.3 Å². The van der Waals surface area contributed by atoms with Gasteiger partial charge in [0.1, 0.15) is 0 Å². The molecule has 0 saturated heterocycles. The molecule has 0 aromatic carbocycles. The highest BCUT2D eigenvalue weighted by Gasteiger charge is 2.16. The summed E-state index contributed by atoms with van der Waals surface area (Å²) in [6, 6.07) is 4.26. The minimum Gasteiger partial charge on any atom is -0.377 e. The van der Waals surface area contributed by atoms with Gasteiger partial charge in [-0.05, 0) is 25.3 Å². The molecule has 0 aliphatic rings. The Morgan fingerprint density at radius 2 is 2.21 bits per heavy atom. The van der Waals surface area contributed by atoms with Crippen LogP contribution in [-0.4, -0.2) is 38.8 Å². The summed E-state index contributed by atoms with van der Waals surface area (Å²) < 4.78 is 5.37. The average Bonchev–Trinajstić information content (AvgIpc) is 2.92. The quantitative estimate of drug-likeness (QED) is 0.622. The van der Waals surface area contributed by atoms with Crippen LogP contribution in [0.1, 0.15) is 31.6 Å². The van der Waals surface area contributed by atoms with Crippen molar-refractivity contribution < 1.29 is 4.74 Å². The van der Waals surface area contributed by atoms with Crippen LogP contribution in [0.5, 0.6) is 0 Å². The maximum atomic E-state index is 5.37. The smallest absolute Gasteiger partial charge is 0.191 e. The second-order valence-corrected chi connectivity index (χ2v) is 6.17. The van der Waals surface area contributed by atoms with Crippen molar-refractivity contribution in [3.05, 3.63) is 22.4 Å². The molecule has 1 heterocycles. The van der Waals surface area contributed by atoms with Crippen LogP contribution in [0.2, 0.25) is 0 Å². The number of methoxy groups -OCH3 is 1. The standard InChI is InChI=1S/C14H25N3OS/c1-11(12-7-6-8-19-12)9-16-13(15-4)17-10-14(2,3)18-5/h6-8,11H,9-10H2,1-5H3,(H2,15,16,17). The first-order chi connectivity index (χ1) is 8.98. The summed E-state index contributed by atoms with van der Waals surface area (Å²) in [7, 11) is 3.50. The Morgan fingerprint density at radius 3 is 2.74 bits per heavy atom. The summed E-state index contributed by atoms with van der Waals surface area (Å²) in [6.07, 6.45) is 0. The van der Waals surface area contributed by atoms with E-state index in [0.29, 0.717) is 5.92 Å². The third kappa shape index (κ3) is 5.61. The van der Waals surface area contributed by atoms with Gasteiger partial charge in [0, 0.05) is 38.0 Å². The van der Waals surface area contributed by atoms with E-state index in [1.807, 2.05) is 13.8 Å². The first-order valence-corrected chi connectivity index (χ1v) is 7.39. The fourth-order valence-corrected chi connectivity index (χ4v) is 2.30. The molecule has 0 spiro atoms. The predicted molar refractivity (Wildman–Crippen MR) is 83.2 cm³/mol. The lowest BCUT2D eigenvalue weighted by Gasteiger charge is -2.24. The molecule has 2 N–H and O–H groups in total. The van der Waals surface area contributed by atoms with E-state index in [4.69, 9.17) is 4.74 Å². The average molecular weight is 283 g/mol. The number of nitrogens with zero attached hydrogens (tertiary/aromatic N) is 1. The van der Waals surface area contributed by atoms with E-state index in [1.54, 1.807) is 25.5 Å². The Balaban J connectivity index is 2.37. The lowest BCUT2D eigenvalue weighted by molar-refractivity contribution is 0.0268. The molecular weight excluding hydrogens is 258 g/mol. The normalized spacial score (nSPS) is 14.3. The van der Waals surface area contributed by atoms with Crippen LogP contribution in [0.15, 0.2) is 22.5 Å². The highest BCUT2D eigenvalue weighted by Crippen LogP contribution is 2.19. The van der Waals surface area contributed by atoms with Gasteiger partial charge in [-0.3, -0.25) is 4.99 Å². The first-order valence-electron chi connectivity index (χ1n) is 6.51. The van der Waals surface area contributed by atoms with Crippen LogP contribution in [0.4, 0.5) is 0 Å². The van der Waals surface area contributed by atoms with E-state index < -0.39 is 0 Å². The van der Waals surface area contributed by atoms with Crippen molar-refractivity contribution in [2.75, 3.05) is 27.2 Å². The molecule has 0 fully saturated rings. The predicted octanol–water partition coefficient (Wildman–Crippen LogP) is 2.44. The SMILES string of the molecule is CN=C(NCC(C)c1cccs1)NCC(C)(C)OC. The van der Waals surface area contributed by atoms with Gasteiger partial charge in [0.25, 0.3) is 0 Å². The molecule has 1 aromatic heterocycles. The maximum absolute atomic E-state index is 5.37. The van der Waals surface area contributed by atoms with Gasteiger partial charge in [0.2, 0.25) is 0 Å². The number of guanidine groups is 1. The van der Waals surface area contributed by atoms with Crippen LogP contribution in [0, 0.1) is 0 Å². The van der Waals surface area contributed by atoms with Crippen LogP contribution >= 0.6 is 11.3 Å². The molecule has 5 heteroatoms. The lowest BCUT2D eigenvalue weighted by Crippen LogP contribution is -2.46. The zero-order chi connectivity index (χ0) is 14.3. The highest BCUT2D eigenvalue weighted by molar-refractivity contribution is 7.10. The van der Waals surface area contributed by atoms with Crippen LogP contribution in [0.25, 0.3) is 0 Å². The Kier molecular flexibility index (Phi) is 6.31. The van der Waals surface area contributed by atoms with Gasteiger partial charge in [0.15, 0.2) is 5.96 Å². The number of aliphatic imine (C=N–C) groups is 1. The van der Waals surface area contributed by atoms with Gasteiger partial charge < -0.3 is 15.4 Å². The minimum absolute atomic E-state index is 0.197. The summed E-state index contributed by atoms with van der Waals surface area (Å²) in [5.74, 6) is 1.29. The molecule has 0 radical (unpaired) electrons. The fourth-order valence-electron chi connectivity index (χ4n) is 1.51. The molecule has 0 saturated carbocycles. The molecule has 19 heavy (non-hydrogen) atoms. The first kappa shape index (κ1) is 16.0. The van der Waals surface area contributed by atoms with Crippen molar-refractivity contribution in [3.8, 4) is 0 Å². The van der Waals surface area contributed by atoms with Crippen molar-refractivity contribution in [3.63, 3.8) is 0 Å². The topological polar surface area (TPSA) is 45.7 Å². The van der Waals surface area contributed by atoms with E-state index in [9.17, 15) is 0 Å². The molecule has 1 atom stereocenters. The summed E-state index contributed by atoms with van der Waals surface area (Å²) in [5.41, 5.74) is -0.197. The van der Waals surface area contributed by atoms with Gasteiger partial charge in [-0.2, -0.15) is 0 Å². The number of hydrogen-bond acceptors (Lipinski definition) is 3. The van der Waals surface area contributed by atoms with Crippen LogP contribution in [-0.2, 0) is 4.74 Å². The van der Waals surface area contributed by atoms with Crippen molar-refractivity contribution in [1.29, 1.82) is 0 Å². The largest absolute Gasteiger partial charge is 0.377 e. The van der Waals surface area contributed by atoms with E-state index >= 15 is 0 Å². The summed E-state index contributed by atoms with van der Waals surface area (Å²) >= 11 is 1.79. The zero-order valence-corrected chi connectivity index (χ0v) is 13.3. The van der Waals surface area contributed by atoms with E-state index in [2.05, 4.69) is 40.1 Å². The Labute approximate surface area is 120 Å². The Hall–Kier alpha value is -1.07. The summed E-state index contributed by atoms with van der Waals surface area (Å²) in [6.45, 7) is 7.89. The van der Waals surface area contributed by atoms with Gasteiger partial charge >= 0.3 is 0 Å². The molecule has 4 nitrogen and oxygen atoms in total. The number of thiophene rings is 1. The summed E-state index contributed by atoms with van der Waals surface area (Å²) in [5, 5.41) is 8.73. The van der Waals surface area contributed by atoms with Crippen LogP contribution < -0.4 is 10.6 Å². The molecular formula is C14H25N3OS. The highest BCUT2D eigenvalue weighted by atomic mass is 32.1. The zero-order valence-electron chi connectivity index (χ0n) is 12.5. The Bertz CT molecular complexity index is 387. The third-order valence-electron chi connectivity index (χ3n) is 3.06. The van der Waals surface area contributed by atoms with Crippen LogP contribution in [0.3, 0.4) is 0 Å². The second-order valence-electron chi connectivity index (χ2n) is 5.19. The van der Waals surface area contributed by atoms with Crippen molar-refractivity contribution in [2.24, 2.45) is 4.99 Å².